The highest BCUT2D eigenvalue weighted by Gasteiger charge is 2.21. The minimum absolute atomic E-state index is 0.00781. The van der Waals surface area contributed by atoms with E-state index >= 15 is 0 Å². The van der Waals surface area contributed by atoms with Gasteiger partial charge in [-0.05, 0) is 39.0 Å². The summed E-state index contributed by atoms with van der Waals surface area (Å²) >= 11 is 0. The molecular weight excluding hydrogens is 284 g/mol. The third-order valence-electron chi connectivity index (χ3n) is 3.09. The summed E-state index contributed by atoms with van der Waals surface area (Å²) in [6.45, 7) is 6.01. The van der Waals surface area contributed by atoms with Crippen molar-refractivity contribution in [2.45, 2.75) is 26.8 Å². The van der Waals surface area contributed by atoms with E-state index in [-0.39, 0.29) is 24.4 Å². The van der Waals surface area contributed by atoms with Crippen LogP contribution in [0.25, 0.3) is 0 Å². The summed E-state index contributed by atoms with van der Waals surface area (Å²) in [5.74, 6) is 0.560. The number of carbonyl (C=O) groups excluding carboxylic acids is 2. The van der Waals surface area contributed by atoms with E-state index in [0.717, 1.165) is 0 Å². The SMILES string of the molecule is CCN(CC(=O)NC(C)C)C(=O)c1cc(OC)ccc1OC. The molecule has 0 atom stereocenters. The van der Waals surface area contributed by atoms with Gasteiger partial charge in [0.2, 0.25) is 5.91 Å². The van der Waals surface area contributed by atoms with Gasteiger partial charge in [0.25, 0.3) is 5.91 Å². The molecule has 1 rings (SSSR count). The fourth-order valence-electron chi connectivity index (χ4n) is 2.02. The van der Waals surface area contributed by atoms with Gasteiger partial charge < -0.3 is 19.7 Å². The summed E-state index contributed by atoms with van der Waals surface area (Å²) < 4.78 is 10.4. The zero-order valence-electron chi connectivity index (χ0n) is 13.8. The van der Waals surface area contributed by atoms with Gasteiger partial charge in [-0.25, -0.2) is 0 Å². The van der Waals surface area contributed by atoms with E-state index in [4.69, 9.17) is 9.47 Å². The van der Waals surface area contributed by atoms with E-state index in [1.54, 1.807) is 18.2 Å². The molecule has 0 radical (unpaired) electrons. The fourth-order valence-corrected chi connectivity index (χ4v) is 2.02. The van der Waals surface area contributed by atoms with Crippen LogP contribution in [0.15, 0.2) is 18.2 Å². The molecule has 0 aliphatic heterocycles. The molecule has 0 saturated heterocycles. The molecule has 2 amide bonds. The number of rotatable bonds is 7. The molecular formula is C16H24N2O4. The Labute approximate surface area is 131 Å². The molecule has 0 heterocycles. The molecule has 122 valence electrons. The number of ether oxygens (including phenoxy) is 2. The van der Waals surface area contributed by atoms with Crippen LogP contribution in [0.5, 0.6) is 11.5 Å². The van der Waals surface area contributed by atoms with Gasteiger partial charge in [0.15, 0.2) is 0 Å². The van der Waals surface area contributed by atoms with Crippen molar-refractivity contribution in [3.8, 4) is 11.5 Å². The lowest BCUT2D eigenvalue weighted by Gasteiger charge is -2.22. The van der Waals surface area contributed by atoms with E-state index in [1.165, 1.54) is 19.1 Å². The first-order valence-electron chi connectivity index (χ1n) is 7.23. The lowest BCUT2D eigenvalue weighted by atomic mass is 10.1. The van der Waals surface area contributed by atoms with Crippen molar-refractivity contribution in [2.24, 2.45) is 0 Å². The van der Waals surface area contributed by atoms with Crippen molar-refractivity contribution >= 4 is 11.8 Å². The largest absolute Gasteiger partial charge is 0.497 e. The molecule has 22 heavy (non-hydrogen) atoms. The molecule has 1 aromatic carbocycles. The van der Waals surface area contributed by atoms with Crippen molar-refractivity contribution in [3.63, 3.8) is 0 Å². The molecule has 0 aromatic heterocycles. The van der Waals surface area contributed by atoms with E-state index < -0.39 is 0 Å². The number of amides is 2. The van der Waals surface area contributed by atoms with Crippen molar-refractivity contribution < 1.29 is 19.1 Å². The molecule has 0 fully saturated rings. The van der Waals surface area contributed by atoms with Crippen molar-refractivity contribution in [1.29, 1.82) is 0 Å². The van der Waals surface area contributed by atoms with Crippen molar-refractivity contribution in [2.75, 3.05) is 27.3 Å². The molecule has 1 N–H and O–H groups in total. The maximum absolute atomic E-state index is 12.7. The van der Waals surface area contributed by atoms with Crippen LogP contribution in [0.2, 0.25) is 0 Å². The van der Waals surface area contributed by atoms with Crippen LogP contribution in [-0.4, -0.2) is 50.1 Å². The van der Waals surface area contributed by atoms with Crippen molar-refractivity contribution in [3.05, 3.63) is 23.8 Å². The molecule has 0 aliphatic carbocycles. The Morgan fingerprint density at radius 2 is 1.91 bits per heavy atom. The molecule has 0 spiro atoms. The number of methoxy groups -OCH3 is 2. The smallest absolute Gasteiger partial charge is 0.258 e. The highest BCUT2D eigenvalue weighted by atomic mass is 16.5. The molecule has 0 aliphatic rings. The molecule has 1 aromatic rings. The Morgan fingerprint density at radius 3 is 2.41 bits per heavy atom. The Hall–Kier alpha value is -2.24. The molecule has 6 nitrogen and oxygen atoms in total. The average molecular weight is 308 g/mol. The number of likely N-dealkylation sites (N-methyl/N-ethyl adjacent to an activating group) is 1. The molecule has 0 unspecified atom stereocenters. The van der Waals surface area contributed by atoms with Gasteiger partial charge in [-0.1, -0.05) is 0 Å². The highest BCUT2D eigenvalue weighted by molar-refractivity contribution is 5.99. The second kappa shape index (κ2) is 8.26. The van der Waals surface area contributed by atoms with Gasteiger partial charge in [0.05, 0.1) is 26.3 Å². The fraction of sp³-hybridized carbons (Fsp3) is 0.500. The van der Waals surface area contributed by atoms with Gasteiger partial charge in [-0.3, -0.25) is 9.59 Å². The number of hydrogen-bond donors (Lipinski definition) is 1. The van der Waals surface area contributed by atoms with Crippen LogP contribution < -0.4 is 14.8 Å². The number of benzene rings is 1. The lowest BCUT2D eigenvalue weighted by Crippen LogP contribution is -2.42. The summed E-state index contributed by atoms with van der Waals surface area (Å²) in [7, 11) is 3.03. The molecule has 0 bridgehead atoms. The average Bonchev–Trinajstić information content (AvgIpc) is 2.50. The highest BCUT2D eigenvalue weighted by Crippen LogP contribution is 2.25. The first-order chi connectivity index (χ1) is 10.4. The second-order valence-electron chi connectivity index (χ2n) is 5.11. The predicted molar refractivity (Wildman–Crippen MR) is 84.4 cm³/mol. The molecule has 6 heteroatoms. The van der Waals surface area contributed by atoms with Crippen LogP contribution in [0.3, 0.4) is 0 Å². The predicted octanol–water partition coefficient (Wildman–Crippen LogP) is 1.69. The minimum Gasteiger partial charge on any atom is -0.497 e. The first kappa shape index (κ1) is 17.8. The van der Waals surface area contributed by atoms with E-state index in [2.05, 4.69) is 5.32 Å². The minimum atomic E-state index is -0.267. The third-order valence-corrected chi connectivity index (χ3v) is 3.09. The van der Waals surface area contributed by atoms with E-state index in [1.807, 2.05) is 20.8 Å². The maximum atomic E-state index is 12.7. The quantitative estimate of drug-likeness (QED) is 0.832. The van der Waals surface area contributed by atoms with Crippen molar-refractivity contribution in [1.82, 2.24) is 10.2 Å². The lowest BCUT2D eigenvalue weighted by molar-refractivity contribution is -0.122. The van der Waals surface area contributed by atoms with Crippen LogP contribution in [0.1, 0.15) is 31.1 Å². The van der Waals surface area contributed by atoms with Gasteiger partial charge in [-0.2, -0.15) is 0 Å². The van der Waals surface area contributed by atoms with Gasteiger partial charge in [-0.15, -0.1) is 0 Å². The maximum Gasteiger partial charge on any atom is 0.258 e. The summed E-state index contributed by atoms with van der Waals surface area (Å²) in [6, 6.07) is 5.04. The standard InChI is InChI=1S/C16H24N2O4/c1-6-18(10-15(19)17-11(2)3)16(20)13-9-12(21-4)7-8-14(13)22-5/h7-9,11H,6,10H2,1-5H3,(H,17,19). The van der Waals surface area contributed by atoms with Crippen LogP contribution in [0, 0.1) is 0 Å². The monoisotopic (exact) mass is 308 g/mol. The van der Waals surface area contributed by atoms with E-state index in [9.17, 15) is 9.59 Å². The molecule has 0 saturated carbocycles. The van der Waals surface area contributed by atoms with E-state index in [0.29, 0.717) is 23.6 Å². The summed E-state index contributed by atoms with van der Waals surface area (Å²) in [6.07, 6.45) is 0. The topological polar surface area (TPSA) is 67.9 Å². The first-order valence-corrected chi connectivity index (χ1v) is 7.23. The normalized spacial score (nSPS) is 10.3. The summed E-state index contributed by atoms with van der Waals surface area (Å²) in [4.78, 5) is 26.0. The zero-order chi connectivity index (χ0) is 16.7. The Morgan fingerprint density at radius 1 is 1.23 bits per heavy atom. The van der Waals surface area contributed by atoms with Crippen LogP contribution in [-0.2, 0) is 4.79 Å². The van der Waals surface area contributed by atoms with Gasteiger partial charge in [0.1, 0.15) is 11.5 Å². The Bertz CT molecular complexity index is 529. The number of nitrogens with zero attached hydrogens (tertiary/aromatic N) is 1. The number of nitrogens with one attached hydrogen (secondary N) is 1. The Kier molecular flexibility index (Phi) is 6.69. The van der Waals surface area contributed by atoms with Gasteiger partial charge >= 0.3 is 0 Å². The number of carbonyl (C=O) groups is 2. The third kappa shape index (κ3) is 4.65. The zero-order valence-corrected chi connectivity index (χ0v) is 13.8. The number of hydrogen-bond acceptors (Lipinski definition) is 4. The van der Waals surface area contributed by atoms with Gasteiger partial charge in [0, 0.05) is 12.6 Å². The summed E-state index contributed by atoms with van der Waals surface area (Å²) in [5, 5.41) is 2.78. The van der Waals surface area contributed by atoms with Crippen LogP contribution >= 0.6 is 0 Å². The Balaban J connectivity index is 2.98. The second-order valence-corrected chi connectivity index (χ2v) is 5.11. The summed E-state index contributed by atoms with van der Waals surface area (Å²) in [5.41, 5.74) is 0.376. The van der Waals surface area contributed by atoms with Crippen LogP contribution in [0.4, 0.5) is 0 Å².